The normalized spacial score (nSPS) is 16.9. The predicted octanol–water partition coefficient (Wildman–Crippen LogP) is 1.86. The molecule has 1 unspecified atom stereocenters. The van der Waals surface area contributed by atoms with E-state index >= 15 is 0 Å². The largest absolute Gasteiger partial charge is 0.378 e. The Kier molecular flexibility index (Phi) is 4.24. The van der Waals surface area contributed by atoms with Crippen LogP contribution in [0.4, 0.5) is 5.82 Å². The van der Waals surface area contributed by atoms with Crippen LogP contribution in [-0.4, -0.2) is 42.8 Å². The molecule has 0 N–H and O–H groups in total. The fourth-order valence-electron chi connectivity index (χ4n) is 4.11. The van der Waals surface area contributed by atoms with Crippen molar-refractivity contribution in [2.75, 3.05) is 18.6 Å². The molecule has 4 heterocycles. The van der Waals surface area contributed by atoms with Gasteiger partial charge in [-0.05, 0) is 25.0 Å². The highest BCUT2D eigenvalue weighted by atomic mass is 16.5. The van der Waals surface area contributed by atoms with Crippen molar-refractivity contribution < 1.29 is 4.74 Å². The van der Waals surface area contributed by atoms with Gasteiger partial charge in [-0.25, -0.2) is 9.97 Å². The summed E-state index contributed by atoms with van der Waals surface area (Å²) in [6.45, 7) is 1.22. The van der Waals surface area contributed by atoms with Crippen molar-refractivity contribution in [1.82, 2.24) is 29.1 Å². The number of nitrogens with zero attached hydrogens (tertiary/aromatic N) is 7. The Morgan fingerprint density at radius 3 is 2.97 bits per heavy atom. The van der Waals surface area contributed by atoms with Crippen molar-refractivity contribution in [2.45, 2.75) is 25.5 Å². The van der Waals surface area contributed by atoms with Crippen molar-refractivity contribution >= 4 is 22.5 Å². The van der Waals surface area contributed by atoms with E-state index in [1.807, 2.05) is 30.3 Å². The molecule has 4 aromatic rings. The van der Waals surface area contributed by atoms with Crippen LogP contribution in [0.25, 0.3) is 16.7 Å². The van der Waals surface area contributed by atoms with E-state index in [2.05, 4.69) is 20.0 Å². The monoisotopic (exact) mass is 391 g/mol. The van der Waals surface area contributed by atoms with Crippen LogP contribution in [0.15, 0.2) is 41.5 Å². The van der Waals surface area contributed by atoms with E-state index in [4.69, 9.17) is 9.72 Å². The van der Waals surface area contributed by atoms with Crippen LogP contribution < -0.4 is 10.5 Å². The summed E-state index contributed by atoms with van der Waals surface area (Å²) in [4.78, 5) is 28.7. The average Bonchev–Trinajstić information content (AvgIpc) is 3.40. The summed E-state index contributed by atoms with van der Waals surface area (Å²) < 4.78 is 8.67. The molecule has 0 spiro atoms. The lowest BCUT2D eigenvalue weighted by atomic mass is 10.1. The molecule has 9 heteroatoms. The number of hydrogen-bond donors (Lipinski definition) is 0. The molecule has 0 radical (unpaired) electrons. The minimum atomic E-state index is -0.0394. The van der Waals surface area contributed by atoms with Crippen LogP contribution in [0, 0.1) is 0 Å². The minimum Gasteiger partial charge on any atom is -0.378 e. The molecule has 0 aliphatic carbocycles. The maximum absolute atomic E-state index is 12.9. The molecule has 9 nitrogen and oxygen atoms in total. The SMILES string of the molecule is COCc1cc(N2CCCC2c2nc3ccccc3c(=O)n2C)n2ncnc2n1. The van der Waals surface area contributed by atoms with Gasteiger partial charge < -0.3 is 9.64 Å². The quantitative estimate of drug-likeness (QED) is 0.524. The van der Waals surface area contributed by atoms with Gasteiger partial charge in [-0.1, -0.05) is 12.1 Å². The topological polar surface area (TPSA) is 90.4 Å². The summed E-state index contributed by atoms with van der Waals surface area (Å²) in [6, 6.07) is 9.41. The van der Waals surface area contributed by atoms with Gasteiger partial charge in [0, 0.05) is 26.8 Å². The van der Waals surface area contributed by atoms with Crippen LogP contribution in [0.5, 0.6) is 0 Å². The first-order chi connectivity index (χ1) is 14.2. The van der Waals surface area contributed by atoms with Crippen molar-refractivity contribution in [3.63, 3.8) is 0 Å². The Balaban J connectivity index is 1.66. The number of benzene rings is 1. The molecule has 1 atom stereocenters. The molecule has 0 bridgehead atoms. The summed E-state index contributed by atoms with van der Waals surface area (Å²) in [5.41, 5.74) is 1.48. The summed E-state index contributed by atoms with van der Waals surface area (Å²) >= 11 is 0. The third-order valence-corrected chi connectivity index (χ3v) is 5.44. The highest BCUT2D eigenvalue weighted by molar-refractivity contribution is 5.77. The Morgan fingerprint density at radius 1 is 1.24 bits per heavy atom. The van der Waals surface area contributed by atoms with Crippen molar-refractivity contribution in [2.24, 2.45) is 7.05 Å². The fourth-order valence-corrected chi connectivity index (χ4v) is 4.11. The van der Waals surface area contributed by atoms with E-state index in [1.54, 1.807) is 23.2 Å². The number of aromatic nitrogens is 6. The minimum absolute atomic E-state index is 0.0295. The van der Waals surface area contributed by atoms with Gasteiger partial charge in [-0.3, -0.25) is 9.36 Å². The number of rotatable bonds is 4. The van der Waals surface area contributed by atoms with Crippen molar-refractivity contribution in [3.05, 3.63) is 58.5 Å². The summed E-state index contributed by atoms with van der Waals surface area (Å²) in [5.74, 6) is 2.16. The third kappa shape index (κ3) is 2.85. The number of hydrogen-bond acceptors (Lipinski definition) is 7. The molecule has 5 rings (SSSR count). The van der Waals surface area contributed by atoms with Crippen LogP contribution in [0.3, 0.4) is 0 Å². The van der Waals surface area contributed by atoms with Crippen molar-refractivity contribution in [3.8, 4) is 0 Å². The van der Waals surface area contributed by atoms with Gasteiger partial charge in [0.05, 0.1) is 29.2 Å². The van der Waals surface area contributed by atoms with E-state index in [9.17, 15) is 4.79 Å². The van der Waals surface area contributed by atoms with Crippen LogP contribution >= 0.6 is 0 Å². The van der Waals surface area contributed by atoms with Gasteiger partial charge in [0.2, 0.25) is 0 Å². The third-order valence-electron chi connectivity index (χ3n) is 5.44. The van der Waals surface area contributed by atoms with E-state index in [1.165, 1.54) is 6.33 Å². The van der Waals surface area contributed by atoms with E-state index in [0.29, 0.717) is 17.8 Å². The zero-order chi connectivity index (χ0) is 20.0. The van der Waals surface area contributed by atoms with E-state index in [0.717, 1.165) is 42.2 Å². The first kappa shape index (κ1) is 17.7. The molecule has 1 aliphatic heterocycles. The van der Waals surface area contributed by atoms with Crippen LogP contribution in [-0.2, 0) is 18.4 Å². The molecular weight excluding hydrogens is 370 g/mol. The summed E-state index contributed by atoms with van der Waals surface area (Å²) in [6.07, 6.45) is 3.39. The second-order valence-corrected chi connectivity index (χ2v) is 7.21. The molecule has 148 valence electrons. The molecule has 1 fully saturated rings. The maximum Gasteiger partial charge on any atom is 0.261 e. The molecule has 1 aliphatic rings. The molecule has 29 heavy (non-hydrogen) atoms. The van der Waals surface area contributed by atoms with Crippen LogP contribution in [0.2, 0.25) is 0 Å². The van der Waals surface area contributed by atoms with Gasteiger partial charge in [0.15, 0.2) is 0 Å². The summed E-state index contributed by atoms with van der Waals surface area (Å²) in [5, 5.41) is 4.99. The van der Waals surface area contributed by atoms with Gasteiger partial charge in [-0.2, -0.15) is 14.6 Å². The first-order valence-electron chi connectivity index (χ1n) is 9.58. The molecule has 0 saturated carbocycles. The number of para-hydroxylation sites is 1. The molecule has 1 saturated heterocycles. The molecule has 1 aromatic carbocycles. The Morgan fingerprint density at radius 2 is 2.10 bits per heavy atom. The van der Waals surface area contributed by atoms with E-state index < -0.39 is 0 Å². The number of ether oxygens (including phenoxy) is 1. The van der Waals surface area contributed by atoms with E-state index in [-0.39, 0.29) is 11.6 Å². The average molecular weight is 391 g/mol. The standard InChI is InChI=1S/C20H21N7O2/c1-25-18(24-15-7-4-3-6-14(15)19(25)28)16-8-5-9-26(16)17-10-13(11-29-2)23-20-21-12-22-27(17)20/h3-4,6-7,10,12,16H,5,8-9,11H2,1-2H3. The number of fused-ring (bicyclic) bond motifs is 2. The van der Waals surface area contributed by atoms with Gasteiger partial charge in [0.25, 0.3) is 11.3 Å². The zero-order valence-electron chi connectivity index (χ0n) is 16.3. The zero-order valence-corrected chi connectivity index (χ0v) is 16.3. The Hall–Kier alpha value is -3.33. The number of methoxy groups -OCH3 is 1. The first-order valence-corrected chi connectivity index (χ1v) is 9.58. The number of anilines is 1. The lowest BCUT2D eigenvalue weighted by Gasteiger charge is -2.28. The highest BCUT2D eigenvalue weighted by Gasteiger charge is 2.32. The molecule has 3 aromatic heterocycles. The lowest BCUT2D eigenvalue weighted by molar-refractivity contribution is 0.181. The smallest absolute Gasteiger partial charge is 0.261 e. The highest BCUT2D eigenvalue weighted by Crippen LogP contribution is 2.35. The summed E-state index contributed by atoms with van der Waals surface area (Å²) in [7, 11) is 3.43. The van der Waals surface area contributed by atoms with Crippen molar-refractivity contribution in [1.29, 1.82) is 0 Å². The Bertz CT molecular complexity index is 1260. The van der Waals surface area contributed by atoms with Gasteiger partial charge in [-0.15, -0.1) is 0 Å². The second kappa shape index (κ2) is 6.93. The Labute approximate surface area is 166 Å². The van der Waals surface area contributed by atoms with Crippen LogP contribution in [0.1, 0.15) is 30.4 Å². The fraction of sp³-hybridized carbons (Fsp3) is 0.350. The van der Waals surface area contributed by atoms with Gasteiger partial charge in [0.1, 0.15) is 18.0 Å². The molecule has 0 amide bonds. The second-order valence-electron chi connectivity index (χ2n) is 7.21. The molecular formula is C20H21N7O2. The predicted molar refractivity (Wildman–Crippen MR) is 108 cm³/mol. The lowest BCUT2D eigenvalue weighted by Crippen LogP contribution is -2.32. The maximum atomic E-state index is 12.9. The van der Waals surface area contributed by atoms with Gasteiger partial charge >= 0.3 is 0 Å².